The van der Waals surface area contributed by atoms with Crippen molar-refractivity contribution in [2.45, 2.75) is 25.3 Å². The first-order valence-corrected chi connectivity index (χ1v) is 10.2. The molecule has 0 spiro atoms. The summed E-state index contributed by atoms with van der Waals surface area (Å²) < 4.78 is 5.19. The fraction of sp³-hybridized carbons (Fsp3) is 0.409. The fourth-order valence-corrected chi connectivity index (χ4v) is 3.77. The van der Waals surface area contributed by atoms with Gasteiger partial charge in [-0.15, -0.1) is 24.0 Å². The number of rotatable bonds is 8. The van der Waals surface area contributed by atoms with Crippen LogP contribution in [0.2, 0.25) is 5.02 Å². The highest BCUT2D eigenvalue weighted by molar-refractivity contribution is 14.0. The maximum atomic E-state index is 6.20. The standard InChI is InChI=1S/C22H29ClN4O.HI/c1-28-20-9-7-17(8-10-20)11-12-25-22(24)26-16-21(27-13-2-3-14-27)18-5-4-6-19(23)15-18;/h4-10,15,21H,2-3,11-14,16H2,1H3,(H3,24,25,26);1H. The Morgan fingerprint density at radius 1 is 1.21 bits per heavy atom. The molecule has 29 heavy (non-hydrogen) atoms. The minimum Gasteiger partial charge on any atom is -0.497 e. The highest BCUT2D eigenvalue weighted by atomic mass is 127. The number of nitrogens with one attached hydrogen (secondary N) is 1. The van der Waals surface area contributed by atoms with Crippen molar-refractivity contribution >= 4 is 41.5 Å². The lowest BCUT2D eigenvalue weighted by atomic mass is 10.1. The Balaban J connectivity index is 0.00000300. The fourth-order valence-electron chi connectivity index (χ4n) is 3.57. The van der Waals surface area contributed by atoms with E-state index in [0.717, 1.165) is 36.8 Å². The van der Waals surface area contributed by atoms with E-state index in [1.807, 2.05) is 30.3 Å². The van der Waals surface area contributed by atoms with Gasteiger partial charge in [0.15, 0.2) is 5.96 Å². The van der Waals surface area contributed by atoms with Crippen LogP contribution in [0.1, 0.15) is 30.0 Å². The Kier molecular flexibility index (Phi) is 10.0. The van der Waals surface area contributed by atoms with Crippen LogP contribution in [0.4, 0.5) is 0 Å². The number of likely N-dealkylation sites (tertiary alicyclic amines) is 1. The molecule has 0 bridgehead atoms. The molecule has 0 aliphatic carbocycles. The van der Waals surface area contributed by atoms with Crippen molar-refractivity contribution in [2.75, 3.05) is 33.3 Å². The van der Waals surface area contributed by atoms with E-state index in [1.165, 1.54) is 24.0 Å². The zero-order chi connectivity index (χ0) is 19.8. The molecule has 2 aromatic carbocycles. The van der Waals surface area contributed by atoms with E-state index in [-0.39, 0.29) is 30.0 Å². The predicted molar refractivity (Wildman–Crippen MR) is 132 cm³/mol. The average molecular weight is 529 g/mol. The molecule has 1 fully saturated rings. The molecule has 0 aromatic heterocycles. The zero-order valence-electron chi connectivity index (χ0n) is 16.8. The third kappa shape index (κ3) is 7.35. The summed E-state index contributed by atoms with van der Waals surface area (Å²) in [5.74, 6) is 1.35. The molecule has 7 heteroatoms. The molecule has 2 aromatic rings. The first kappa shape index (κ1) is 23.8. The van der Waals surface area contributed by atoms with Gasteiger partial charge in [-0.3, -0.25) is 9.89 Å². The van der Waals surface area contributed by atoms with Crippen molar-refractivity contribution in [3.05, 3.63) is 64.7 Å². The second-order valence-corrected chi connectivity index (χ2v) is 7.50. The van der Waals surface area contributed by atoms with Crippen LogP contribution in [0.5, 0.6) is 5.75 Å². The van der Waals surface area contributed by atoms with Crippen LogP contribution in [-0.2, 0) is 6.42 Å². The van der Waals surface area contributed by atoms with Gasteiger partial charge in [-0.05, 0) is 67.7 Å². The predicted octanol–water partition coefficient (Wildman–Crippen LogP) is 4.25. The third-order valence-corrected chi connectivity index (χ3v) is 5.36. The summed E-state index contributed by atoms with van der Waals surface area (Å²) in [5, 5.41) is 3.98. The van der Waals surface area contributed by atoms with E-state index >= 15 is 0 Å². The molecule has 1 aliphatic rings. The summed E-state index contributed by atoms with van der Waals surface area (Å²) in [6.45, 7) is 3.56. The van der Waals surface area contributed by atoms with Crippen molar-refractivity contribution < 1.29 is 4.74 Å². The lowest BCUT2D eigenvalue weighted by Crippen LogP contribution is -2.35. The van der Waals surface area contributed by atoms with Crippen molar-refractivity contribution in [3.63, 3.8) is 0 Å². The Hall–Kier alpha value is -1.51. The number of nitrogens with two attached hydrogens (primary N) is 1. The topological polar surface area (TPSA) is 62.9 Å². The largest absolute Gasteiger partial charge is 0.497 e. The van der Waals surface area contributed by atoms with Crippen molar-refractivity contribution in [1.29, 1.82) is 0 Å². The summed E-state index contributed by atoms with van der Waals surface area (Å²) in [5.41, 5.74) is 8.54. The van der Waals surface area contributed by atoms with Crippen LogP contribution >= 0.6 is 35.6 Å². The maximum absolute atomic E-state index is 6.20. The van der Waals surface area contributed by atoms with Crippen molar-refractivity contribution in [3.8, 4) is 5.75 Å². The van der Waals surface area contributed by atoms with Crippen LogP contribution < -0.4 is 15.8 Å². The second-order valence-electron chi connectivity index (χ2n) is 7.06. The van der Waals surface area contributed by atoms with Crippen LogP contribution in [0.3, 0.4) is 0 Å². The van der Waals surface area contributed by atoms with Gasteiger partial charge >= 0.3 is 0 Å². The Bertz CT molecular complexity index is 779. The number of benzene rings is 2. The number of guanidine groups is 1. The molecule has 3 rings (SSSR count). The van der Waals surface area contributed by atoms with Gasteiger partial charge in [0.05, 0.1) is 19.7 Å². The minimum atomic E-state index is 0. The summed E-state index contributed by atoms with van der Waals surface area (Å²) in [7, 11) is 1.67. The van der Waals surface area contributed by atoms with Gasteiger partial charge < -0.3 is 15.8 Å². The molecular weight excluding hydrogens is 499 g/mol. The van der Waals surface area contributed by atoms with E-state index in [1.54, 1.807) is 7.11 Å². The highest BCUT2D eigenvalue weighted by Crippen LogP contribution is 2.27. The van der Waals surface area contributed by atoms with Crippen molar-refractivity contribution in [2.24, 2.45) is 10.7 Å². The number of hydrogen-bond donors (Lipinski definition) is 2. The number of hydrogen-bond acceptors (Lipinski definition) is 3. The average Bonchev–Trinajstić information content (AvgIpc) is 3.23. The molecule has 158 valence electrons. The first-order valence-electron chi connectivity index (χ1n) is 9.82. The molecule has 1 atom stereocenters. The number of ether oxygens (including phenoxy) is 1. The molecular formula is C22H30ClIN4O. The van der Waals surface area contributed by atoms with E-state index in [4.69, 9.17) is 22.1 Å². The number of methoxy groups -OCH3 is 1. The van der Waals surface area contributed by atoms with E-state index in [0.29, 0.717) is 12.5 Å². The molecule has 0 radical (unpaired) electrons. The monoisotopic (exact) mass is 528 g/mol. The Morgan fingerprint density at radius 2 is 1.93 bits per heavy atom. The second kappa shape index (κ2) is 12.2. The third-order valence-electron chi connectivity index (χ3n) is 5.13. The van der Waals surface area contributed by atoms with Gasteiger partial charge in [-0.2, -0.15) is 0 Å². The summed E-state index contributed by atoms with van der Waals surface area (Å²) in [6, 6.07) is 16.4. The summed E-state index contributed by atoms with van der Waals surface area (Å²) in [4.78, 5) is 7.08. The zero-order valence-corrected chi connectivity index (χ0v) is 19.9. The quantitative estimate of drug-likeness (QED) is 0.305. The van der Waals surface area contributed by atoms with Gasteiger partial charge in [-0.1, -0.05) is 35.9 Å². The lowest BCUT2D eigenvalue weighted by Gasteiger charge is -2.27. The number of halogens is 2. The molecule has 1 saturated heterocycles. The van der Waals surface area contributed by atoms with Crippen LogP contribution in [0.15, 0.2) is 53.5 Å². The SMILES string of the molecule is COc1ccc(CCNC(N)=NCC(c2cccc(Cl)c2)N2CCCC2)cc1.I. The van der Waals surface area contributed by atoms with E-state index < -0.39 is 0 Å². The minimum absolute atomic E-state index is 0. The van der Waals surface area contributed by atoms with E-state index in [9.17, 15) is 0 Å². The van der Waals surface area contributed by atoms with Gasteiger partial charge in [0.25, 0.3) is 0 Å². The maximum Gasteiger partial charge on any atom is 0.188 e. The smallest absolute Gasteiger partial charge is 0.188 e. The van der Waals surface area contributed by atoms with Gasteiger partial charge in [0.1, 0.15) is 5.75 Å². The molecule has 3 N–H and O–H groups in total. The van der Waals surface area contributed by atoms with Crippen LogP contribution in [0, 0.1) is 0 Å². The lowest BCUT2D eigenvalue weighted by molar-refractivity contribution is 0.252. The highest BCUT2D eigenvalue weighted by Gasteiger charge is 2.23. The van der Waals surface area contributed by atoms with Gasteiger partial charge in [0.2, 0.25) is 0 Å². The summed E-state index contributed by atoms with van der Waals surface area (Å²) in [6.07, 6.45) is 3.34. The van der Waals surface area contributed by atoms with Crippen LogP contribution in [-0.4, -0.2) is 44.1 Å². The number of aliphatic imine (C=N–C) groups is 1. The number of nitrogens with zero attached hydrogens (tertiary/aromatic N) is 2. The van der Waals surface area contributed by atoms with E-state index in [2.05, 4.69) is 33.4 Å². The normalized spacial score (nSPS) is 15.6. The van der Waals surface area contributed by atoms with Gasteiger partial charge in [0, 0.05) is 11.6 Å². The molecule has 1 aliphatic heterocycles. The van der Waals surface area contributed by atoms with Gasteiger partial charge in [-0.25, -0.2) is 0 Å². The molecule has 1 heterocycles. The Labute approximate surface area is 195 Å². The Morgan fingerprint density at radius 3 is 2.59 bits per heavy atom. The molecule has 1 unspecified atom stereocenters. The summed E-state index contributed by atoms with van der Waals surface area (Å²) >= 11 is 6.20. The molecule has 0 saturated carbocycles. The molecule has 5 nitrogen and oxygen atoms in total. The van der Waals surface area contributed by atoms with Crippen LogP contribution in [0.25, 0.3) is 0 Å². The molecule has 0 amide bonds. The van der Waals surface area contributed by atoms with Crippen molar-refractivity contribution in [1.82, 2.24) is 10.2 Å². The first-order chi connectivity index (χ1) is 13.7.